The molecule has 0 saturated heterocycles. The van der Waals surface area contributed by atoms with Crippen molar-refractivity contribution in [1.82, 2.24) is 5.32 Å². The van der Waals surface area contributed by atoms with E-state index in [1.54, 1.807) is 0 Å². The number of rotatable bonds is 4. The largest absolute Gasteiger partial charge is 0.355 e. The number of benzene rings is 1. The molecule has 0 fully saturated rings. The minimum absolute atomic E-state index is 0.0693. The third-order valence-electron chi connectivity index (χ3n) is 8.51. The first-order chi connectivity index (χ1) is 14.2. The van der Waals surface area contributed by atoms with E-state index in [2.05, 4.69) is 98.0 Å². The van der Waals surface area contributed by atoms with Crippen LogP contribution in [0.4, 0.5) is 0 Å². The summed E-state index contributed by atoms with van der Waals surface area (Å²) in [6.07, 6.45) is 11.1. The first-order valence-electron chi connectivity index (χ1n) is 11.7. The van der Waals surface area contributed by atoms with Crippen LogP contribution in [0.1, 0.15) is 79.0 Å². The van der Waals surface area contributed by atoms with Crippen LogP contribution < -0.4 is 5.32 Å². The maximum Gasteiger partial charge on any atom is 0.230 e. The molecule has 1 atom stereocenters. The highest BCUT2D eigenvalue weighted by molar-refractivity contribution is 5.82. The van der Waals surface area contributed by atoms with Gasteiger partial charge in [0.15, 0.2) is 0 Å². The van der Waals surface area contributed by atoms with Gasteiger partial charge in [0.1, 0.15) is 0 Å². The molecule has 2 nitrogen and oxygen atoms in total. The number of hydrogen-bond acceptors (Lipinski definition) is 1. The van der Waals surface area contributed by atoms with E-state index in [-0.39, 0.29) is 33.5 Å². The second kappa shape index (κ2) is 7.80. The van der Waals surface area contributed by atoms with Crippen LogP contribution in [0, 0.1) is 16.7 Å². The summed E-state index contributed by atoms with van der Waals surface area (Å²) < 4.78 is 0. The van der Waals surface area contributed by atoms with Gasteiger partial charge in [-0.2, -0.15) is 0 Å². The number of carbonyl (C=O) groups is 1. The molecule has 2 aliphatic rings. The molecule has 168 valence electrons. The molecule has 3 rings (SSSR count). The van der Waals surface area contributed by atoms with Crippen molar-refractivity contribution in [2.24, 2.45) is 16.7 Å². The Balaban J connectivity index is 1.65. The van der Waals surface area contributed by atoms with Gasteiger partial charge in [-0.1, -0.05) is 111 Å². The molecule has 2 aliphatic carbocycles. The minimum atomic E-state index is -0.211. The summed E-state index contributed by atoms with van der Waals surface area (Å²) in [5.41, 5.74) is 5.96. The van der Waals surface area contributed by atoms with E-state index in [1.807, 2.05) is 18.2 Å². The van der Waals surface area contributed by atoms with Crippen LogP contribution in [0.25, 0.3) is 0 Å². The molecule has 0 aliphatic heterocycles. The molecule has 1 unspecified atom stereocenters. The number of hydrogen-bond donors (Lipinski definition) is 1. The Morgan fingerprint density at radius 2 is 1.61 bits per heavy atom. The Hall–Kier alpha value is -2.09. The third-order valence-corrected chi connectivity index (χ3v) is 8.51. The van der Waals surface area contributed by atoms with Gasteiger partial charge < -0.3 is 5.32 Å². The molecule has 0 heterocycles. The van der Waals surface area contributed by atoms with Gasteiger partial charge in [0.25, 0.3) is 0 Å². The summed E-state index contributed by atoms with van der Waals surface area (Å²) in [6.45, 7) is 21.5. The van der Waals surface area contributed by atoms with Crippen LogP contribution in [0.15, 0.2) is 54.2 Å². The molecule has 1 N–H and O–H groups in total. The monoisotopic (exact) mass is 419 g/mol. The first kappa shape index (κ1) is 23.6. The van der Waals surface area contributed by atoms with Crippen molar-refractivity contribution < 1.29 is 4.79 Å². The lowest BCUT2D eigenvalue weighted by Gasteiger charge is -2.44. The third kappa shape index (κ3) is 4.06. The van der Waals surface area contributed by atoms with Gasteiger partial charge in [-0.05, 0) is 50.3 Å². The Labute approximate surface area is 189 Å². The fourth-order valence-corrected chi connectivity index (χ4v) is 4.99. The van der Waals surface area contributed by atoms with Gasteiger partial charge in [-0.3, -0.25) is 4.79 Å². The molecular weight excluding hydrogens is 378 g/mol. The molecule has 1 amide bonds. The molecule has 1 aromatic rings. The Bertz CT molecular complexity index is 947. The van der Waals surface area contributed by atoms with E-state index < -0.39 is 0 Å². The molecule has 0 spiro atoms. The lowest BCUT2D eigenvalue weighted by atomic mass is 9.59. The van der Waals surface area contributed by atoms with Crippen LogP contribution in [0.2, 0.25) is 0 Å². The highest BCUT2D eigenvalue weighted by Crippen LogP contribution is 2.61. The highest BCUT2D eigenvalue weighted by Gasteiger charge is 2.56. The van der Waals surface area contributed by atoms with E-state index in [4.69, 9.17) is 0 Å². The lowest BCUT2D eigenvalue weighted by Crippen LogP contribution is -2.42. The van der Waals surface area contributed by atoms with Crippen LogP contribution in [0.3, 0.4) is 0 Å². The van der Waals surface area contributed by atoms with Gasteiger partial charge >= 0.3 is 0 Å². The van der Waals surface area contributed by atoms with Crippen molar-refractivity contribution in [3.63, 3.8) is 0 Å². The number of fused-ring (bicyclic) bond motifs is 1. The van der Waals surface area contributed by atoms with E-state index in [0.717, 1.165) is 6.42 Å². The second-order valence-corrected chi connectivity index (χ2v) is 11.9. The zero-order valence-corrected chi connectivity index (χ0v) is 21.0. The smallest absolute Gasteiger partial charge is 0.230 e. The Morgan fingerprint density at radius 3 is 2.26 bits per heavy atom. The van der Waals surface area contributed by atoms with Crippen LogP contribution in [-0.2, 0) is 22.0 Å². The van der Waals surface area contributed by atoms with Gasteiger partial charge in [-0.25, -0.2) is 0 Å². The topological polar surface area (TPSA) is 29.1 Å². The summed E-state index contributed by atoms with van der Waals surface area (Å²) in [5.74, 6) is -0.142. The SMILES string of the molecule is CC(C)(C)C1=CC=CC(C(=O)NCCc2ccc3c(c2)C(C)(C)C(C)(C)C3(C)C)C=C1. The van der Waals surface area contributed by atoms with Crippen molar-refractivity contribution in [3.8, 4) is 0 Å². The number of nitrogens with one attached hydrogen (secondary N) is 1. The zero-order valence-electron chi connectivity index (χ0n) is 21.0. The maximum atomic E-state index is 12.7. The van der Waals surface area contributed by atoms with Crippen LogP contribution in [-0.4, -0.2) is 12.5 Å². The highest BCUT2D eigenvalue weighted by atomic mass is 16.1. The second-order valence-electron chi connectivity index (χ2n) is 11.9. The van der Waals surface area contributed by atoms with Crippen molar-refractivity contribution >= 4 is 5.91 Å². The fourth-order valence-electron chi connectivity index (χ4n) is 4.99. The summed E-state index contributed by atoms with van der Waals surface area (Å²) in [7, 11) is 0. The molecule has 0 saturated carbocycles. The van der Waals surface area contributed by atoms with Gasteiger partial charge in [0, 0.05) is 6.54 Å². The average Bonchev–Trinajstić information content (AvgIpc) is 2.89. The van der Waals surface area contributed by atoms with E-state index in [1.165, 1.54) is 22.3 Å². The van der Waals surface area contributed by atoms with Gasteiger partial charge in [0.05, 0.1) is 5.92 Å². The summed E-state index contributed by atoms with van der Waals surface area (Å²) in [6, 6.07) is 6.94. The van der Waals surface area contributed by atoms with E-state index >= 15 is 0 Å². The zero-order chi connectivity index (χ0) is 23.2. The molecule has 0 aromatic heterocycles. The van der Waals surface area contributed by atoms with Crippen LogP contribution in [0.5, 0.6) is 0 Å². The molecule has 31 heavy (non-hydrogen) atoms. The first-order valence-corrected chi connectivity index (χ1v) is 11.7. The number of amides is 1. The van der Waals surface area contributed by atoms with Crippen LogP contribution >= 0.6 is 0 Å². The molecule has 1 aromatic carbocycles. The fraction of sp³-hybridized carbons (Fsp3) is 0.552. The normalized spacial score (nSPS) is 23.1. The predicted octanol–water partition coefficient (Wildman–Crippen LogP) is 6.66. The van der Waals surface area contributed by atoms with Gasteiger partial charge in [0.2, 0.25) is 5.91 Å². The van der Waals surface area contributed by atoms with Crippen molar-refractivity contribution in [1.29, 1.82) is 0 Å². The predicted molar refractivity (Wildman–Crippen MR) is 132 cm³/mol. The standard InChI is InChI=1S/C29H41NO/c1-26(2,3)22-12-10-11-21(14-15-22)25(31)30-18-17-20-13-16-23-24(19-20)28(6,7)29(8,9)27(23,4)5/h10-16,19,21H,17-18H2,1-9H3,(H,30,31). The molecule has 2 heteroatoms. The number of allylic oxidation sites excluding steroid dienone is 4. The summed E-state index contributed by atoms with van der Waals surface area (Å²) in [5, 5.41) is 3.14. The van der Waals surface area contributed by atoms with Crippen molar-refractivity contribution in [3.05, 3.63) is 70.8 Å². The minimum Gasteiger partial charge on any atom is -0.355 e. The van der Waals surface area contributed by atoms with E-state index in [9.17, 15) is 4.79 Å². The summed E-state index contributed by atoms with van der Waals surface area (Å²) >= 11 is 0. The maximum absolute atomic E-state index is 12.7. The van der Waals surface area contributed by atoms with E-state index in [0.29, 0.717) is 6.54 Å². The molecule has 0 radical (unpaired) electrons. The van der Waals surface area contributed by atoms with Crippen molar-refractivity contribution in [2.75, 3.05) is 6.54 Å². The number of carbonyl (C=O) groups excluding carboxylic acids is 1. The summed E-state index contributed by atoms with van der Waals surface area (Å²) in [4.78, 5) is 12.7. The quantitative estimate of drug-likeness (QED) is 0.581. The van der Waals surface area contributed by atoms with Gasteiger partial charge in [-0.15, -0.1) is 0 Å². The Kier molecular flexibility index (Phi) is 5.93. The van der Waals surface area contributed by atoms with Crippen molar-refractivity contribution in [2.45, 2.75) is 79.6 Å². The molecule has 0 bridgehead atoms. The average molecular weight is 420 g/mol. The Morgan fingerprint density at radius 1 is 0.968 bits per heavy atom. The molecular formula is C29H41NO. The lowest BCUT2D eigenvalue weighted by molar-refractivity contribution is -0.122.